The normalized spacial score (nSPS) is 16.9. The van der Waals surface area contributed by atoms with E-state index in [0.29, 0.717) is 6.04 Å². The fourth-order valence-electron chi connectivity index (χ4n) is 2.24. The minimum absolute atomic E-state index is 0.523. The van der Waals surface area contributed by atoms with Crippen LogP contribution in [0.25, 0.3) is 0 Å². The summed E-state index contributed by atoms with van der Waals surface area (Å²) in [4.78, 5) is 7.04. The van der Waals surface area contributed by atoms with Gasteiger partial charge in [0.1, 0.15) is 0 Å². The van der Waals surface area contributed by atoms with E-state index in [4.69, 9.17) is 0 Å². The molecule has 2 heterocycles. The lowest BCUT2D eigenvalue weighted by Crippen LogP contribution is -2.25. The molecule has 1 aliphatic rings. The minimum Gasteiger partial charge on any atom is -0.310 e. The predicted octanol–water partition coefficient (Wildman–Crippen LogP) is 2.18. The average molecular weight is 233 g/mol. The first-order valence-corrected chi connectivity index (χ1v) is 6.64. The molecule has 94 valence electrons. The van der Waals surface area contributed by atoms with E-state index < -0.39 is 0 Å². The second-order valence-electron chi connectivity index (χ2n) is 5.13. The first-order valence-electron chi connectivity index (χ1n) is 6.64. The Kier molecular flexibility index (Phi) is 4.51. The van der Waals surface area contributed by atoms with Crippen molar-refractivity contribution in [3.8, 4) is 0 Å². The van der Waals surface area contributed by atoms with Crippen molar-refractivity contribution in [3.63, 3.8) is 0 Å². The maximum Gasteiger partial charge on any atom is 0.0588 e. The second kappa shape index (κ2) is 6.12. The van der Waals surface area contributed by atoms with Gasteiger partial charge in [0.2, 0.25) is 0 Å². The Bertz CT molecular complexity index is 343. The number of pyridine rings is 1. The molecule has 0 unspecified atom stereocenters. The van der Waals surface area contributed by atoms with Crippen LogP contribution in [0.1, 0.15) is 37.9 Å². The van der Waals surface area contributed by atoms with Gasteiger partial charge in [0.05, 0.1) is 5.69 Å². The van der Waals surface area contributed by atoms with Gasteiger partial charge >= 0.3 is 0 Å². The second-order valence-corrected chi connectivity index (χ2v) is 5.13. The van der Waals surface area contributed by atoms with E-state index in [-0.39, 0.29) is 0 Å². The van der Waals surface area contributed by atoms with Gasteiger partial charge in [-0.15, -0.1) is 0 Å². The number of nitrogens with zero attached hydrogens (tertiary/aromatic N) is 2. The van der Waals surface area contributed by atoms with Crippen molar-refractivity contribution in [2.45, 2.75) is 45.8 Å². The third-order valence-corrected chi connectivity index (χ3v) is 3.26. The van der Waals surface area contributed by atoms with Gasteiger partial charge in [-0.2, -0.15) is 0 Å². The fraction of sp³-hybridized carbons (Fsp3) is 0.643. The molecule has 0 aromatic carbocycles. The molecule has 0 saturated carbocycles. The van der Waals surface area contributed by atoms with Gasteiger partial charge in [0.25, 0.3) is 0 Å². The van der Waals surface area contributed by atoms with Gasteiger partial charge in [-0.05, 0) is 37.6 Å². The first-order chi connectivity index (χ1) is 8.25. The lowest BCUT2D eigenvalue weighted by Gasteiger charge is -2.17. The van der Waals surface area contributed by atoms with E-state index in [1.54, 1.807) is 0 Å². The van der Waals surface area contributed by atoms with Crippen LogP contribution in [0.2, 0.25) is 0 Å². The smallest absolute Gasteiger partial charge is 0.0588 e. The number of rotatable bonds is 5. The summed E-state index contributed by atoms with van der Waals surface area (Å²) in [6.07, 6.45) is 4.59. The molecule has 1 aromatic heterocycles. The molecular formula is C14H23N3. The van der Waals surface area contributed by atoms with Gasteiger partial charge < -0.3 is 5.32 Å². The van der Waals surface area contributed by atoms with Crippen molar-refractivity contribution >= 4 is 0 Å². The van der Waals surface area contributed by atoms with E-state index in [0.717, 1.165) is 13.1 Å². The fourth-order valence-corrected chi connectivity index (χ4v) is 2.24. The van der Waals surface area contributed by atoms with Crippen LogP contribution in [0.15, 0.2) is 18.3 Å². The highest BCUT2D eigenvalue weighted by molar-refractivity contribution is 5.19. The highest BCUT2D eigenvalue weighted by atomic mass is 15.1. The standard InChI is InChI=1S/C14H23N3/c1-12(2)16-10-13-6-5-7-15-14(13)11-17-8-3-4-9-17/h5-7,12,16H,3-4,8-11H2,1-2H3. The number of likely N-dealkylation sites (tertiary alicyclic amines) is 1. The third kappa shape index (κ3) is 3.79. The van der Waals surface area contributed by atoms with Crippen LogP contribution in [0, 0.1) is 0 Å². The first kappa shape index (κ1) is 12.5. The molecule has 1 aliphatic heterocycles. The molecular weight excluding hydrogens is 210 g/mol. The number of aromatic nitrogens is 1. The highest BCUT2D eigenvalue weighted by Gasteiger charge is 2.14. The van der Waals surface area contributed by atoms with Crippen molar-refractivity contribution in [1.82, 2.24) is 15.2 Å². The predicted molar refractivity (Wildman–Crippen MR) is 70.7 cm³/mol. The SMILES string of the molecule is CC(C)NCc1cccnc1CN1CCCC1. The summed E-state index contributed by atoms with van der Waals surface area (Å²) in [5, 5.41) is 3.47. The molecule has 0 radical (unpaired) electrons. The van der Waals surface area contributed by atoms with Crippen LogP contribution in [0.5, 0.6) is 0 Å². The quantitative estimate of drug-likeness (QED) is 0.845. The van der Waals surface area contributed by atoms with Crippen LogP contribution < -0.4 is 5.32 Å². The van der Waals surface area contributed by atoms with Crippen LogP contribution in [0.4, 0.5) is 0 Å². The Morgan fingerprint density at radius 1 is 1.35 bits per heavy atom. The molecule has 3 nitrogen and oxygen atoms in total. The number of nitrogens with one attached hydrogen (secondary N) is 1. The molecule has 3 heteroatoms. The minimum atomic E-state index is 0.523. The Labute approximate surface area is 104 Å². The molecule has 1 aromatic rings. The average Bonchev–Trinajstić information content (AvgIpc) is 2.80. The molecule has 0 atom stereocenters. The van der Waals surface area contributed by atoms with Gasteiger partial charge in [0.15, 0.2) is 0 Å². The van der Waals surface area contributed by atoms with Crippen molar-refractivity contribution in [2.75, 3.05) is 13.1 Å². The zero-order valence-electron chi connectivity index (χ0n) is 10.9. The van der Waals surface area contributed by atoms with Crippen LogP contribution in [-0.4, -0.2) is 29.0 Å². The topological polar surface area (TPSA) is 28.2 Å². The van der Waals surface area contributed by atoms with Crippen LogP contribution >= 0.6 is 0 Å². The van der Waals surface area contributed by atoms with E-state index in [9.17, 15) is 0 Å². The summed E-state index contributed by atoms with van der Waals surface area (Å²) in [5.41, 5.74) is 2.58. The maximum atomic E-state index is 4.54. The Hall–Kier alpha value is -0.930. The number of hydrogen-bond acceptors (Lipinski definition) is 3. The van der Waals surface area contributed by atoms with Gasteiger partial charge in [-0.3, -0.25) is 9.88 Å². The highest BCUT2D eigenvalue weighted by Crippen LogP contribution is 2.14. The lowest BCUT2D eigenvalue weighted by molar-refractivity contribution is 0.325. The summed E-state index contributed by atoms with van der Waals surface area (Å²) < 4.78 is 0. The summed E-state index contributed by atoms with van der Waals surface area (Å²) in [6.45, 7) is 8.75. The summed E-state index contributed by atoms with van der Waals surface area (Å²) in [5.74, 6) is 0. The summed E-state index contributed by atoms with van der Waals surface area (Å²) in [7, 11) is 0. The van der Waals surface area contributed by atoms with Gasteiger partial charge in [-0.25, -0.2) is 0 Å². The van der Waals surface area contributed by atoms with Gasteiger partial charge in [0, 0.05) is 25.3 Å². The monoisotopic (exact) mass is 233 g/mol. The molecule has 2 rings (SSSR count). The molecule has 0 aliphatic carbocycles. The Balaban J connectivity index is 1.99. The molecule has 0 bridgehead atoms. The lowest BCUT2D eigenvalue weighted by atomic mass is 10.1. The Morgan fingerprint density at radius 3 is 2.82 bits per heavy atom. The van der Waals surface area contributed by atoms with Crippen molar-refractivity contribution in [3.05, 3.63) is 29.6 Å². The summed E-state index contributed by atoms with van der Waals surface area (Å²) >= 11 is 0. The van der Waals surface area contributed by atoms with Crippen molar-refractivity contribution in [1.29, 1.82) is 0 Å². The van der Waals surface area contributed by atoms with Gasteiger partial charge in [-0.1, -0.05) is 19.9 Å². The molecule has 1 fully saturated rings. The zero-order chi connectivity index (χ0) is 12.1. The van der Waals surface area contributed by atoms with E-state index in [1.165, 1.54) is 37.2 Å². The van der Waals surface area contributed by atoms with E-state index in [1.807, 2.05) is 12.3 Å². The summed E-state index contributed by atoms with van der Waals surface area (Å²) in [6, 6.07) is 4.74. The van der Waals surface area contributed by atoms with E-state index >= 15 is 0 Å². The van der Waals surface area contributed by atoms with Crippen LogP contribution in [0.3, 0.4) is 0 Å². The maximum absolute atomic E-state index is 4.54. The Morgan fingerprint density at radius 2 is 2.12 bits per heavy atom. The third-order valence-electron chi connectivity index (χ3n) is 3.26. The largest absolute Gasteiger partial charge is 0.310 e. The molecule has 1 N–H and O–H groups in total. The van der Waals surface area contributed by atoms with E-state index in [2.05, 4.69) is 35.1 Å². The van der Waals surface area contributed by atoms with Crippen LogP contribution in [-0.2, 0) is 13.1 Å². The van der Waals surface area contributed by atoms with Crippen molar-refractivity contribution < 1.29 is 0 Å². The van der Waals surface area contributed by atoms with Crippen molar-refractivity contribution in [2.24, 2.45) is 0 Å². The molecule has 0 amide bonds. The molecule has 17 heavy (non-hydrogen) atoms. The zero-order valence-corrected chi connectivity index (χ0v) is 10.9. The number of hydrogen-bond donors (Lipinski definition) is 1. The molecule has 0 spiro atoms. The molecule has 1 saturated heterocycles.